The van der Waals surface area contributed by atoms with Gasteiger partial charge in [0.25, 0.3) is 0 Å². The third-order valence-corrected chi connectivity index (χ3v) is 3.97. The normalized spacial score (nSPS) is 23.5. The molecule has 0 heterocycles. The average molecular weight is 314 g/mol. The second-order valence-electron chi connectivity index (χ2n) is 7.01. The van der Waals surface area contributed by atoms with E-state index in [0.717, 1.165) is 25.7 Å². The van der Waals surface area contributed by atoms with Crippen LogP contribution in [0.3, 0.4) is 0 Å². The summed E-state index contributed by atoms with van der Waals surface area (Å²) in [4.78, 5) is 25.2. The molecule has 1 aliphatic carbocycles. The van der Waals surface area contributed by atoms with E-state index in [1.807, 2.05) is 27.7 Å². The highest BCUT2D eigenvalue weighted by Gasteiger charge is 2.30. The van der Waals surface area contributed by atoms with Gasteiger partial charge in [-0.1, -0.05) is 0 Å². The number of methoxy groups -OCH3 is 1. The number of esters is 1. The van der Waals surface area contributed by atoms with Gasteiger partial charge >= 0.3 is 12.1 Å². The van der Waals surface area contributed by atoms with E-state index in [1.54, 1.807) is 11.9 Å². The van der Waals surface area contributed by atoms with Gasteiger partial charge in [0.15, 0.2) is 0 Å². The molecular weight excluding hydrogens is 284 g/mol. The van der Waals surface area contributed by atoms with Gasteiger partial charge in [-0.15, -0.1) is 0 Å². The van der Waals surface area contributed by atoms with Crippen molar-refractivity contribution in [1.82, 2.24) is 10.2 Å². The molecule has 1 fully saturated rings. The number of carbonyl (C=O) groups excluding carboxylic acids is 2. The minimum Gasteiger partial charge on any atom is -0.468 e. The lowest BCUT2D eigenvalue weighted by Gasteiger charge is -2.36. The zero-order valence-corrected chi connectivity index (χ0v) is 14.6. The van der Waals surface area contributed by atoms with Gasteiger partial charge in [-0.25, -0.2) is 4.79 Å². The zero-order valence-electron chi connectivity index (χ0n) is 14.6. The molecule has 0 aromatic rings. The summed E-state index contributed by atoms with van der Waals surface area (Å²) >= 11 is 0. The van der Waals surface area contributed by atoms with Crippen molar-refractivity contribution in [1.29, 1.82) is 0 Å². The molecule has 1 aliphatic rings. The standard InChI is InChI=1S/C16H30N2O4/c1-11(14(19)21-6)17-12-7-9-13(10-8-12)18(5)15(20)22-16(2,3)4/h11-13,17H,7-10H2,1-6H3. The molecule has 22 heavy (non-hydrogen) atoms. The van der Waals surface area contributed by atoms with Gasteiger partial charge in [-0.05, 0) is 53.4 Å². The number of hydrogen-bond acceptors (Lipinski definition) is 5. The van der Waals surface area contributed by atoms with Crippen LogP contribution >= 0.6 is 0 Å². The first-order valence-corrected chi connectivity index (χ1v) is 7.93. The van der Waals surface area contributed by atoms with Crippen LogP contribution in [-0.4, -0.2) is 54.8 Å². The van der Waals surface area contributed by atoms with Crippen LogP contribution < -0.4 is 5.32 Å². The maximum absolute atomic E-state index is 12.1. The summed E-state index contributed by atoms with van der Waals surface area (Å²) in [6, 6.07) is 0.189. The van der Waals surface area contributed by atoms with Crippen LogP contribution in [0.2, 0.25) is 0 Å². The van der Waals surface area contributed by atoms with E-state index in [9.17, 15) is 9.59 Å². The average Bonchev–Trinajstić information content (AvgIpc) is 2.44. The number of nitrogens with zero attached hydrogens (tertiary/aromatic N) is 1. The highest BCUT2D eigenvalue weighted by Crippen LogP contribution is 2.24. The molecule has 0 bridgehead atoms. The van der Waals surface area contributed by atoms with Crippen molar-refractivity contribution in [3.63, 3.8) is 0 Å². The molecule has 1 rings (SSSR count). The number of ether oxygens (including phenoxy) is 2. The summed E-state index contributed by atoms with van der Waals surface area (Å²) in [7, 11) is 3.19. The van der Waals surface area contributed by atoms with Gasteiger partial charge in [0.05, 0.1) is 7.11 Å². The minimum atomic E-state index is -0.472. The molecule has 6 nitrogen and oxygen atoms in total. The largest absolute Gasteiger partial charge is 0.468 e. The highest BCUT2D eigenvalue weighted by atomic mass is 16.6. The van der Waals surface area contributed by atoms with Crippen molar-refractivity contribution in [3.05, 3.63) is 0 Å². The number of rotatable bonds is 4. The van der Waals surface area contributed by atoms with E-state index in [0.29, 0.717) is 0 Å². The van der Waals surface area contributed by atoms with Crippen molar-refractivity contribution in [2.45, 2.75) is 77.1 Å². The number of hydrogen-bond donors (Lipinski definition) is 1. The second kappa shape index (κ2) is 7.81. The smallest absolute Gasteiger partial charge is 0.410 e. The van der Waals surface area contributed by atoms with Crippen molar-refractivity contribution in [3.8, 4) is 0 Å². The number of nitrogens with one attached hydrogen (secondary N) is 1. The predicted molar refractivity (Wildman–Crippen MR) is 84.7 cm³/mol. The fraction of sp³-hybridized carbons (Fsp3) is 0.875. The highest BCUT2D eigenvalue weighted by molar-refractivity contribution is 5.75. The summed E-state index contributed by atoms with van der Waals surface area (Å²) in [5.41, 5.74) is -0.472. The lowest BCUT2D eigenvalue weighted by atomic mass is 9.90. The van der Waals surface area contributed by atoms with Crippen LogP contribution in [0.1, 0.15) is 53.4 Å². The van der Waals surface area contributed by atoms with Crippen LogP contribution in [0.4, 0.5) is 4.79 Å². The Balaban J connectivity index is 2.41. The van der Waals surface area contributed by atoms with Crippen LogP contribution in [0.5, 0.6) is 0 Å². The fourth-order valence-corrected chi connectivity index (χ4v) is 2.71. The van der Waals surface area contributed by atoms with Crippen molar-refractivity contribution < 1.29 is 19.1 Å². The van der Waals surface area contributed by atoms with E-state index < -0.39 is 5.60 Å². The summed E-state index contributed by atoms with van der Waals surface area (Å²) in [5.74, 6) is -0.243. The van der Waals surface area contributed by atoms with E-state index in [2.05, 4.69) is 5.32 Å². The van der Waals surface area contributed by atoms with Gasteiger partial charge in [-0.2, -0.15) is 0 Å². The topological polar surface area (TPSA) is 67.9 Å². The van der Waals surface area contributed by atoms with E-state index in [4.69, 9.17) is 9.47 Å². The molecule has 1 amide bonds. The van der Waals surface area contributed by atoms with Crippen LogP contribution in [0.15, 0.2) is 0 Å². The first-order chi connectivity index (χ1) is 10.1. The molecular formula is C16H30N2O4. The zero-order chi connectivity index (χ0) is 16.9. The van der Waals surface area contributed by atoms with E-state index in [-0.39, 0.29) is 30.2 Å². The summed E-state index contributed by atoms with van der Waals surface area (Å²) in [6.07, 6.45) is 3.40. The predicted octanol–water partition coefficient (Wildman–Crippen LogP) is 2.32. The summed E-state index contributed by atoms with van der Waals surface area (Å²) in [6.45, 7) is 7.42. The Hall–Kier alpha value is -1.30. The van der Waals surface area contributed by atoms with Crippen LogP contribution in [-0.2, 0) is 14.3 Å². The van der Waals surface area contributed by atoms with Gasteiger partial charge in [-0.3, -0.25) is 4.79 Å². The molecule has 6 heteroatoms. The molecule has 0 radical (unpaired) electrons. The number of amides is 1. The first kappa shape index (κ1) is 18.7. The quantitative estimate of drug-likeness (QED) is 0.807. The summed E-state index contributed by atoms with van der Waals surface area (Å²) in [5, 5.41) is 3.29. The second-order valence-corrected chi connectivity index (χ2v) is 7.01. The Morgan fingerprint density at radius 2 is 1.73 bits per heavy atom. The Kier molecular flexibility index (Phi) is 6.66. The molecule has 128 valence electrons. The lowest BCUT2D eigenvalue weighted by Crippen LogP contribution is -2.48. The van der Waals surface area contributed by atoms with Gasteiger partial charge in [0.1, 0.15) is 11.6 Å². The Morgan fingerprint density at radius 1 is 1.18 bits per heavy atom. The van der Waals surface area contributed by atoms with Crippen molar-refractivity contribution in [2.24, 2.45) is 0 Å². The molecule has 0 aromatic heterocycles. The van der Waals surface area contributed by atoms with Crippen molar-refractivity contribution >= 4 is 12.1 Å². The Morgan fingerprint density at radius 3 is 2.18 bits per heavy atom. The molecule has 0 aliphatic heterocycles. The van der Waals surface area contributed by atoms with Crippen LogP contribution in [0, 0.1) is 0 Å². The molecule has 1 saturated carbocycles. The SMILES string of the molecule is COC(=O)C(C)NC1CCC(N(C)C(=O)OC(C)(C)C)CC1. The number of carbonyl (C=O) groups is 2. The first-order valence-electron chi connectivity index (χ1n) is 7.93. The van der Waals surface area contributed by atoms with Gasteiger partial charge < -0.3 is 19.7 Å². The molecule has 0 aromatic carbocycles. The van der Waals surface area contributed by atoms with E-state index in [1.165, 1.54) is 7.11 Å². The van der Waals surface area contributed by atoms with Crippen LogP contribution in [0.25, 0.3) is 0 Å². The molecule has 1 atom stereocenters. The third kappa shape index (κ3) is 5.83. The molecule has 1 N–H and O–H groups in total. The van der Waals surface area contributed by atoms with Gasteiger partial charge in [0.2, 0.25) is 0 Å². The van der Waals surface area contributed by atoms with Crippen molar-refractivity contribution in [2.75, 3.05) is 14.2 Å². The maximum atomic E-state index is 12.1. The summed E-state index contributed by atoms with van der Waals surface area (Å²) < 4.78 is 10.1. The molecule has 0 spiro atoms. The third-order valence-electron chi connectivity index (χ3n) is 3.97. The van der Waals surface area contributed by atoms with Gasteiger partial charge in [0, 0.05) is 19.1 Å². The molecule has 0 saturated heterocycles. The monoisotopic (exact) mass is 314 g/mol. The molecule has 1 unspecified atom stereocenters. The Labute approximate surface area is 133 Å². The maximum Gasteiger partial charge on any atom is 0.410 e. The Bertz CT molecular complexity index is 384. The van der Waals surface area contributed by atoms with E-state index >= 15 is 0 Å². The minimum absolute atomic E-state index is 0.196. The fourth-order valence-electron chi connectivity index (χ4n) is 2.71. The lowest BCUT2D eigenvalue weighted by molar-refractivity contribution is -0.142.